The number of carbonyl (C=O) groups excluding carboxylic acids is 2. The fraction of sp³-hybridized carbons (Fsp3) is 0.333. The molecule has 0 spiro atoms. The van der Waals surface area contributed by atoms with Crippen molar-refractivity contribution < 1.29 is 35.9 Å². The summed E-state index contributed by atoms with van der Waals surface area (Å²) in [5, 5.41) is 4.02. The summed E-state index contributed by atoms with van der Waals surface area (Å²) < 4.78 is 80.5. The maximum atomic E-state index is 15.1. The lowest BCUT2D eigenvalue weighted by atomic mass is 9.92. The third-order valence-corrected chi connectivity index (χ3v) is 6.58. The lowest BCUT2D eigenvalue weighted by molar-refractivity contribution is -0.144. The molecule has 0 aliphatic rings. The number of nitrogens with one attached hydrogen (secondary N) is 2. The van der Waals surface area contributed by atoms with Crippen molar-refractivity contribution in [2.75, 3.05) is 0 Å². The topological polar surface area (TPSA) is 58.2 Å². The summed E-state index contributed by atoms with van der Waals surface area (Å²) >= 11 is 23.8. The zero-order valence-corrected chi connectivity index (χ0v) is 22.7. The van der Waals surface area contributed by atoms with Crippen LogP contribution in [0.1, 0.15) is 54.1 Å². The van der Waals surface area contributed by atoms with Crippen LogP contribution in [0.3, 0.4) is 0 Å². The monoisotopic (exact) mass is 622 g/mol. The van der Waals surface area contributed by atoms with E-state index in [9.17, 15) is 31.5 Å². The van der Waals surface area contributed by atoms with Gasteiger partial charge in [0.1, 0.15) is 5.83 Å². The van der Waals surface area contributed by atoms with Crippen molar-refractivity contribution >= 4 is 64.0 Å². The van der Waals surface area contributed by atoms with Crippen LogP contribution in [0.5, 0.6) is 0 Å². The lowest BCUT2D eigenvalue weighted by Gasteiger charge is -2.22. The molecule has 1 unspecified atom stereocenters. The molecule has 0 radical (unpaired) electrons. The molecule has 2 aromatic carbocycles. The van der Waals surface area contributed by atoms with Gasteiger partial charge in [-0.2, -0.15) is 13.2 Å². The van der Waals surface area contributed by atoms with Gasteiger partial charge in [-0.25, -0.2) is 13.2 Å². The normalized spacial score (nSPS) is 14.2. The highest BCUT2D eigenvalue weighted by atomic mass is 35.5. The average Bonchev–Trinajstić information content (AvgIpc) is 2.77. The van der Waals surface area contributed by atoms with E-state index < -0.39 is 54.7 Å². The van der Waals surface area contributed by atoms with Crippen molar-refractivity contribution in [2.45, 2.75) is 50.9 Å². The molecular formula is C24H20Cl4F6N2O2. The van der Waals surface area contributed by atoms with Crippen LogP contribution in [-0.4, -0.2) is 30.1 Å². The molecule has 2 N–H and O–H groups in total. The van der Waals surface area contributed by atoms with Gasteiger partial charge in [-0.05, 0) is 42.8 Å². The summed E-state index contributed by atoms with van der Waals surface area (Å²) in [6, 6.07) is 5.55. The Hall–Kier alpha value is -2.14. The zero-order valence-electron chi connectivity index (χ0n) is 19.6. The molecule has 208 valence electrons. The van der Waals surface area contributed by atoms with Gasteiger partial charge in [0.05, 0.1) is 44.2 Å². The van der Waals surface area contributed by atoms with Crippen molar-refractivity contribution in [2.24, 2.45) is 0 Å². The Morgan fingerprint density at radius 2 is 1.53 bits per heavy atom. The Morgan fingerprint density at radius 3 is 2.03 bits per heavy atom. The van der Waals surface area contributed by atoms with E-state index >= 15 is 4.39 Å². The smallest absolute Gasteiger partial charge is 0.336 e. The number of benzene rings is 2. The number of hydrogen-bond donors (Lipinski definition) is 2. The summed E-state index contributed by atoms with van der Waals surface area (Å²) in [4.78, 5) is 24.1. The average molecular weight is 624 g/mol. The molecule has 2 atom stereocenters. The van der Waals surface area contributed by atoms with Gasteiger partial charge in [-0.15, -0.1) is 0 Å². The van der Waals surface area contributed by atoms with Gasteiger partial charge in [0, 0.05) is 18.9 Å². The van der Waals surface area contributed by atoms with E-state index in [2.05, 4.69) is 10.6 Å². The van der Waals surface area contributed by atoms with Crippen LogP contribution in [0.4, 0.5) is 26.3 Å². The largest absolute Gasteiger partial charge is 0.389 e. The first-order valence-electron chi connectivity index (χ1n) is 10.8. The Balaban J connectivity index is 2.21. The first-order chi connectivity index (χ1) is 17.4. The minimum atomic E-state index is -4.51. The van der Waals surface area contributed by atoms with E-state index in [1.807, 2.05) is 0 Å². The Labute approximate surface area is 234 Å². The molecule has 0 saturated heterocycles. The molecule has 0 saturated carbocycles. The van der Waals surface area contributed by atoms with Crippen LogP contribution in [0, 0.1) is 0 Å². The predicted molar refractivity (Wildman–Crippen MR) is 136 cm³/mol. The molecule has 4 nitrogen and oxygen atoms in total. The number of amides is 2. The van der Waals surface area contributed by atoms with Gasteiger partial charge in [-0.3, -0.25) is 9.59 Å². The minimum Gasteiger partial charge on any atom is -0.336 e. The number of alkyl halides is 5. The van der Waals surface area contributed by atoms with E-state index in [1.54, 1.807) is 0 Å². The molecule has 0 heterocycles. The zero-order chi connectivity index (χ0) is 29.0. The van der Waals surface area contributed by atoms with E-state index in [4.69, 9.17) is 46.4 Å². The maximum absolute atomic E-state index is 15.1. The van der Waals surface area contributed by atoms with Crippen molar-refractivity contribution in [3.63, 3.8) is 0 Å². The van der Waals surface area contributed by atoms with E-state index in [1.165, 1.54) is 6.92 Å². The highest BCUT2D eigenvalue weighted by Gasteiger charge is 2.35. The van der Waals surface area contributed by atoms with Crippen LogP contribution in [0.25, 0.3) is 5.83 Å². The van der Waals surface area contributed by atoms with Gasteiger partial charge in [0.15, 0.2) is 0 Å². The molecule has 0 aliphatic carbocycles. The molecule has 2 rings (SSSR count). The third-order valence-electron chi connectivity index (χ3n) is 5.07. The minimum absolute atomic E-state index is 0.0458. The summed E-state index contributed by atoms with van der Waals surface area (Å²) in [5.74, 6) is -8.08. The van der Waals surface area contributed by atoms with Crippen LogP contribution in [0.2, 0.25) is 20.1 Å². The highest BCUT2D eigenvalue weighted by Crippen LogP contribution is 2.41. The van der Waals surface area contributed by atoms with E-state index in [-0.39, 0.29) is 36.8 Å². The number of rotatable bonds is 9. The number of hydrogen-bond acceptors (Lipinski definition) is 2. The first-order valence-corrected chi connectivity index (χ1v) is 12.3. The van der Waals surface area contributed by atoms with Crippen molar-refractivity contribution in [3.8, 4) is 0 Å². The van der Waals surface area contributed by atoms with Crippen LogP contribution in [0.15, 0.2) is 36.4 Å². The Bertz CT molecular complexity index is 1210. The Kier molecular flexibility index (Phi) is 10.8. The van der Waals surface area contributed by atoms with Crippen molar-refractivity contribution in [1.29, 1.82) is 0 Å². The first kappa shape index (κ1) is 32.1. The van der Waals surface area contributed by atoms with Crippen LogP contribution in [-0.2, 0) is 4.79 Å². The molecule has 0 fully saturated rings. The van der Waals surface area contributed by atoms with Gasteiger partial charge in [0.25, 0.3) is 11.8 Å². The van der Waals surface area contributed by atoms with Crippen LogP contribution >= 0.6 is 46.4 Å². The van der Waals surface area contributed by atoms with Gasteiger partial charge < -0.3 is 10.6 Å². The molecule has 0 bridgehead atoms. The second kappa shape index (κ2) is 12.8. The quantitative estimate of drug-likeness (QED) is 0.167. The second-order valence-corrected chi connectivity index (χ2v) is 9.92. The molecule has 14 heteroatoms. The number of allylic oxidation sites excluding steroid dienone is 1. The van der Waals surface area contributed by atoms with Gasteiger partial charge in [0.2, 0.25) is 5.91 Å². The summed E-state index contributed by atoms with van der Waals surface area (Å²) in [6.07, 6.45) is -7.06. The van der Waals surface area contributed by atoms with E-state index in [0.717, 1.165) is 30.3 Å². The van der Waals surface area contributed by atoms with E-state index in [0.29, 0.717) is 13.0 Å². The van der Waals surface area contributed by atoms with Gasteiger partial charge in [-0.1, -0.05) is 52.5 Å². The number of carbonyl (C=O) groups is 2. The molecule has 0 aromatic heterocycles. The number of halogens is 10. The summed E-state index contributed by atoms with van der Waals surface area (Å²) in [5.41, 5.74) is -0.478. The summed E-state index contributed by atoms with van der Waals surface area (Å²) in [7, 11) is 0. The second-order valence-electron chi connectivity index (χ2n) is 8.32. The lowest BCUT2D eigenvalue weighted by Crippen LogP contribution is -2.46. The molecular weight excluding hydrogens is 604 g/mol. The van der Waals surface area contributed by atoms with Crippen molar-refractivity contribution in [3.05, 3.63) is 73.2 Å². The SMILES string of the molecule is C[C@H](NC(=O)CCC(F)(F)F)NC(=O)c1ccc(/C(F)=C/C(c2cc(Cl)c(Cl)c(Cl)c2)C(C)(F)F)cc1Cl. The van der Waals surface area contributed by atoms with Crippen LogP contribution < -0.4 is 10.6 Å². The fourth-order valence-electron chi connectivity index (χ4n) is 3.26. The molecule has 38 heavy (non-hydrogen) atoms. The third kappa shape index (κ3) is 9.25. The molecule has 2 aromatic rings. The predicted octanol–water partition coefficient (Wildman–Crippen LogP) is 8.58. The fourth-order valence-corrected chi connectivity index (χ4v) is 4.14. The standard InChI is InChI=1S/C24H20Cl4F6N2O2/c1-11(35-20(37)5-6-24(32,33)34)36-22(38)14-4-3-12(7-16(14)25)19(29)10-15(23(2,30)31)13-8-17(26)21(28)18(27)9-13/h3-4,7-11,15H,5-6H2,1-2H3,(H,35,37)(H,36,38)/b19-10-/t11-,15?/m1/s1. The molecule has 0 aliphatic heterocycles. The maximum Gasteiger partial charge on any atom is 0.389 e. The molecule has 2 amide bonds. The van der Waals surface area contributed by atoms with Gasteiger partial charge >= 0.3 is 6.18 Å². The highest BCUT2D eigenvalue weighted by molar-refractivity contribution is 6.48. The Morgan fingerprint density at radius 1 is 0.947 bits per heavy atom. The van der Waals surface area contributed by atoms with Crippen molar-refractivity contribution in [1.82, 2.24) is 10.6 Å². The summed E-state index contributed by atoms with van der Waals surface area (Å²) in [6.45, 7) is 1.90.